The molecule has 0 aromatic heterocycles. The van der Waals surface area contributed by atoms with E-state index in [4.69, 9.17) is 0 Å². The van der Waals surface area contributed by atoms with Gasteiger partial charge in [-0.3, -0.25) is 0 Å². The average Bonchev–Trinajstić information content (AvgIpc) is 2.73. The summed E-state index contributed by atoms with van der Waals surface area (Å²) in [5.74, 6) is 0. The van der Waals surface area contributed by atoms with Crippen molar-refractivity contribution in [2.75, 3.05) is 39.5 Å². The van der Waals surface area contributed by atoms with E-state index in [0.717, 1.165) is 38.4 Å². The van der Waals surface area contributed by atoms with E-state index in [2.05, 4.69) is 0 Å². The fourth-order valence-corrected chi connectivity index (χ4v) is 7.65. The maximum absolute atomic E-state index is 12.9. The molecule has 1 aromatic carbocycles. The molecule has 1 saturated carbocycles. The zero-order valence-electron chi connectivity index (χ0n) is 17.3. The Morgan fingerprint density at radius 1 is 0.767 bits per heavy atom. The normalized spacial score (nSPS) is 21.2. The second-order valence-corrected chi connectivity index (χ2v) is 13.8. The van der Waals surface area contributed by atoms with Crippen molar-refractivity contribution in [1.82, 2.24) is 12.9 Å². The van der Waals surface area contributed by atoms with Crippen LogP contribution in [-0.2, 0) is 30.1 Å². The van der Waals surface area contributed by atoms with Crippen LogP contribution in [0.15, 0.2) is 34.1 Å². The number of hydrogen-bond acceptors (Lipinski definition) is 6. The van der Waals surface area contributed by atoms with E-state index in [9.17, 15) is 25.3 Å². The summed E-state index contributed by atoms with van der Waals surface area (Å²) in [4.78, 5) is 0.0611. The molecular formula is C18H29N3O6S3. The van der Waals surface area contributed by atoms with Crippen LogP contribution in [0.3, 0.4) is 0 Å². The number of hydrogen-bond donors (Lipinski definition) is 0. The standard InChI is InChI=1S/C18H29N3O6S3/c1-19(16-6-4-3-5-7-16)29(24,25)17-8-10-18(11-9-17)30(26,27)21-14-12-20(13-15-21)28(2,22)23/h8-11,16H,3-7,12-15H2,1-2H3. The van der Waals surface area contributed by atoms with Crippen LogP contribution in [0.1, 0.15) is 32.1 Å². The Balaban J connectivity index is 1.74. The third-order valence-electron chi connectivity index (χ3n) is 5.89. The molecule has 30 heavy (non-hydrogen) atoms. The van der Waals surface area contributed by atoms with Gasteiger partial charge < -0.3 is 0 Å². The van der Waals surface area contributed by atoms with Crippen LogP contribution in [-0.4, -0.2) is 83.7 Å². The highest BCUT2D eigenvalue weighted by molar-refractivity contribution is 7.89. The molecule has 0 amide bonds. The summed E-state index contributed by atoms with van der Waals surface area (Å²) in [5.41, 5.74) is 0. The Labute approximate surface area is 179 Å². The maximum Gasteiger partial charge on any atom is 0.243 e. The first-order valence-electron chi connectivity index (χ1n) is 9.97. The molecule has 1 heterocycles. The van der Waals surface area contributed by atoms with Crippen molar-refractivity contribution in [3.8, 4) is 0 Å². The smallest absolute Gasteiger partial charge is 0.213 e. The Kier molecular flexibility index (Phi) is 6.95. The lowest BCUT2D eigenvalue weighted by atomic mass is 9.96. The molecule has 3 rings (SSSR count). The van der Waals surface area contributed by atoms with Gasteiger partial charge in [-0.25, -0.2) is 25.3 Å². The minimum absolute atomic E-state index is 0.00502. The molecule has 12 heteroatoms. The van der Waals surface area contributed by atoms with E-state index in [1.165, 1.54) is 37.2 Å². The Hall–Kier alpha value is -1.05. The van der Waals surface area contributed by atoms with E-state index in [0.29, 0.717) is 0 Å². The monoisotopic (exact) mass is 479 g/mol. The lowest BCUT2D eigenvalue weighted by molar-refractivity contribution is 0.274. The summed E-state index contributed by atoms with van der Waals surface area (Å²) in [6, 6.07) is 5.24. The van der Waals surface area contributed by atoms with Gasteiger partial charge in [0.1, 0.15) is 0 Å². The fourth-order valence-electron chi connectivity index (χ4n) is 3.98. The molecule has 1 aliphatic heterocycles. The maximum atomic E-state index is 12.9. The molecule has 170 valence electrons. The summed E-state index contributed by atoms with van der Waals surface area (Å²) in [5, 5.41) is 0. The van der Waals surface area contributed by atoms with Gasteiger partial charge in [-0.1, -0.05) is 19.3 Å². The van der Waals surface area contributed by atoms with Crippen LogP contribution in [0.2, 0.25) is 0 Å². The van der Waals surface area contributed by atoms with E-state index in [-0.39, 0.29) is 42.0 Å². The van der Waals surface area contributed by atoms with Crippen molar-refractivity contribution in [2.45, 2.75) is 47.9 Å². The van der Waals surface area contributed by atoms with Gasteiger partial charge in [0.05, 0.1) is 16.0 Å². The molecule has 0 unspecified atom stereocenters. The van der Waals surface area contributed by atoms with Gasteiger partial charge in [0.15, 0.2) is 0 Å². The lowest BCUT2D eigenvalue weighted by Crippen LogP contribution is -2.50. The summed E-state index contributed by atoms with van der Waals surface area (Å²) in [6.45, 7) is 0.299. The summed E-state index contributed by atoms with van der Waals surface area (Å²) in [7, 11) is -9.31. The highest BCUT2D eigenvalue weighted by Crippen LogP contribution is 2.27. The predicted octanol–water partition coefficient (Wildman–Crippen LogP) is 0.906. The van der Waals surface area contributed by atoms with Gasteiger partial charge in [0.2, 0.25) is 30.1 Å². The van der Waals surface area contributed by atoms with E-state index in [1.807, 2.05) is 0 Å². The molecular weight excluding hydrogens is 450 g/mol. The predicted molar refractivity (Wildman–Crippen MR) is 113 cm³/mol. The Morgan fingerprint density at radius 3 is 1.73 bits per heavy atom. The van der Waals surface area contributed by atoms with E-state index >= 15 is 0 Å². The van der Waals surface area contributed by atoms with E-state index < -0.39 is 30.1 Å². The summed E-state index contributed by atoms with van der Waals surface area (Å²) >= 11 is 0. The molecule has 0 radical (unpaired) electrons. The number of benzene rings is 1. The number of nitrogens with zero attached hydrogens (tertiary/aromatic N) is 3. The largest absolute Gasteiger partial charge is 0.243 e. The van der Waals surface area contributed by atoms with Gasteiger partial charge in [0, 0.05) is 39.3 Å². The molecule has 0 spiro atoms. The first kappa shape index (κ1) is 23.6. The van der Waals surface area contributed by atoms with Crippen molar-refractivity contribution >= 4 is 30.1 Å². The van der Waals surface area contributed by atoms with E-state index in [1.54, 1.807) is 7.05 Å². The molecule has 2 fully saturated rings. The third kappa shape index (κ3) is 4.89. The highest BCUT2D eigenvalue weighted by atomic mass is 32.2. The number of piperazine rings is 1. The number of sulfonamides is 3. The van der Waals surface area contributed by atoms with Gasteiger partial charge in [-0.2, -0.15) is 12.9 Å². The van der Waals surface area contributed by atoms with Gasteiger partial charge in [-0.15, -0.1) is 0 Å². The molecule has 0 bridgehead atoms. The van der Waals surface area contributed by atoms with Crippen LogP contribution in [0.5, 0.6) is 0 Å². The zero-order chi connectivity index (χ0) is 22.2. The summed E-state index contributed by atoms with van der Waals surface area (Å²) in [6.07, 6.45) is 5.90. The van der Waals surface area contributed by atoms with Crippen molar-refractivity contribution in [2.24, 2.45) is 0 Å². The van der Waals surface area contributed by atoms with Gasteiger partial charge in [-0.05, 0) is 37.1 Å². The van der Waals surface area contributed by atoms with Crippen molar-refractivity contribution in [1.29, 1.82) is 0 Å². The highest BCUT2D eigenvalue weighted by Gasteiger charge is 2.33. The lowest BCUT2D eigenvalue weighted by Gasteiger charge is -2.32. The van der Waals surface area contributed by atoms with Crippen LogP contribution in [0.4, 0.5) is 0 Å². The Morgan fingerprint density at radius 2 is 1.23 bits per heavy atom. The van der Waals surface area contributed by atoms with Crippen molar-refractivity contribution in [3.63, 3.8) is 0 Å². The van der Waals surface area contributed by atoms with Gasteiger partial charge >= 0.3 is 0 Å². The molecule has 1 aromatic rings. The summed E-state index contributed by atoms with van der Waals surface area (Å²) < 4.78 is 78.7. The molecule has 1 saturated heterocycles. The molecule has 1 aliphatic carbocycles. The third-order valence-corrected chi connectivity index (χ3v) is 11.0. The number of rotatable bonds is 6. The van der Waals surface area contributed by atoms with Crippen LogP contribution in [0, 0.1) is 0 Å². The minimum Gasteiger partial charge on any atom is -0.213 e. The second kappa shape index (κ2) is 8.83. The molecule has 2 aliphatic rings. The quantitative estimate of drug-likeness (QED) is 0.599. The Bertz CT molecular complexity index is 1050. The fraction of sp³-hybridized carbons (Fsp3) is 0.667. The first-order chi connectivity index (χ1) is 13.9. The average molecular weight is 480 g/mol. The minimum atomic E-state index is -3.83. The molecule has 9 nitrogen and oxygen atoms in total. The topological polar surface area (TPSA) is 112 Å². The SMILES string of the molecule is CN(C1CCCCC1)S(=O)(=O)c1ccc(S(=O)(=O)N2CCN(S(C)(=O)=O)CC2)cc1. The van der Waals surface area contributed by atoms with Crippen LogP contribution < -0.4 is 0 Å². The van der Waals surface area contributed by atoms with Crippen LogP contribution >= 0.6 is 0 Å². The van der Waals surface area contributed by atoms with Gasteiger partial charge in [0.25, 0.3) is 0 Å². The second-order valence-electron chi connectivity index (χ2n) is 7.85. The van der Waals surface area contributed by atoms with Crippen LogP contribution in [0.25, 0.3) is 0 Å². The molecule has 0 N–H and O–H groups in total. The first-order valence-corrected chi connectivity index (χ1v) is 14.7. The molecule has 0 atom stereocenters. The van der Waals surface area contributed by atoms with Crippen molar-refractivity contribution < 1.29 is 25.3 Å². The zero-order valence-corrected chi connectivity index (χ0v) is 19.7. The van der Waals surface area contributed by atoms with Crippen molar-refractivity contribution in [3.05, 3.63) is 24.3 Å².